The van der Waals surface area contributed by atoms with E-state index in [0.29, 0.717) is 29.6 Å². The first kappa shape index (κ1) is 29.6. The molecule has 10 atom stereocenters. The molecule has 1 aromatic carbocycles. The summed E-state index contributed by atoms with van der Waals surface area (Å²) in [5.41, 5.74) is 0.268. The van der Waals surface area contributed by atoms with Gasteiger partial charge in [0.05, 0.1) is 17.2 Å². The predicted octanol–water partition coefficient (Wildman–Crippen LogP) is 8.00. The fraction of sp³-hybridized carbons (Fsp3) is 0.771. The molecular formula is C35H52O5. The highest BCUT2D eigenvalue weighted by atomic mass is 16.5. The number of aromatic carboxylic acids is 1. The number of rotatable bonds is 8. The molecule has 0 bridgehead atoms. The van der Waals surface area contributed by atoms with Gasteiger partial charge in [0, 0.05) is 11.8 Å². The lowest BCUT2D eigenvalue weighted by Gasteiger charge is -2.62. The van der Waals surface area contributed by atoms with Crippen molar-refractivity contribution in [1.82, 2.24) is 0 Å². The minimum atomic E-state index is -1.13. The summed E-state index contributed by atoms with van der Waals surface area (Å²) in [6.07, 6.45) is 11.7. The van der Waals surface area contributed by atoms with Crippen molar-refractivity contribution in [1.29, 1.82) is 0 Å². The van der Waals surface area contributed by atoms with Crippen molar-refractivity contribution in [2.45, 2.75) is 117 Å². The zero-order chi connectivity index (χ0) is 28.8. The third-order valence-electron chi connectivity index (χ3n) is 12.5. The molecule has 0 amide bonds. The molecule has 1 aromatic rings. The summed E-state index contributed by atoms with van der Waals surface area (Å²) in [4.78, 5) is 25.2. The largest absolute Gasteiger partial charge is 0.478 e. The molecule has 0 spiro atoms. The second-order valence-corrected chi connectivity index (χ2v) is 14.9. The standard InChI is InChI=1S/C35H52O5/c1-21(2)9-8-10-22(3)28-15-16-29-27-14-13-23-19-24(36)20-31(35(23,5)30(27)17-18-34(28,29)4)40-33(39)26-12-7-6-11-25(26)32(37)38/h6-7,11-12,21-24,27-31,36H,8-10,13-20H2,1-5H3,(H,37,38)/t22-,23?,24-,27+,28-,29+,30+,31?,34-,35+/m1/s1. The van der Waals surface area contributed by atoms with Crippen LogP contribution >= 0.6 is 0 Å². The van der Waals surface area contributed by atoms with Crippen molar-refractivity contribution in [2.24, 2.45) is 52.3 Å². The van der Waals surface area contributed by atoms with E-state index in [4.69, 9.17) is 4.74 Å². The number of carboxylic acid groups (broad SMARTS) is 1. The molecule has 0 heterocycles. The Morgan fingerprint density at radius 3 is 2.38 bits per heavy atom. The Balaban J connectivity index is 1.37. The fourth-order valence-corrected chi connectivity index (χ4v) is 10.5. The van der Waals surface area contributed by atoms with Crippen molar-refractivity contribution in [2.75, 3.05) is 0 Å². The highest BCUT2D eigenvalue weighted by molar-refractivity contribution is 6.02. The third kappa shape index (κ3) is 5.14. The van der Waals surface area contributed by atoms with Gasteiger partial charge in [0.25, 0.3) is 0 Å². The molecule has 5 rings (SSSR count). The average Bonchev–Trinajstić information content (AvgIpc) is 3.26. The van der Waals surface area contributed by atoms with E-state index in [1.165, 1.54) is 51.0 Å². The summed E-state index contributed by atoms with van der Waals surface area (Å²) >= 11 is 0. The van der Waals surface area contributed by atoms with Crippen LogP contribution in [0.5, 0.6) is 0 Å². The van der Waals surface area contributed by atoms with E-state index < -0.39 is 24.1 Å². The number of fused-ring (bicyclic) bond motifs is 5. The van der Waals surface area contributed by atoms with Crippen LogP contribution in [0.25, 0.3) is 0 Å². The normalized spacial score (nSPS) is 39.6. The number of ether oxygens (including phenoxy) is 1. The van der Waals surface area contributed by atoms with Gasteiger partial charge < -0.3 is 14.9 Å². The molecule has 4 saturated carbocycles. The van der Waals surface area contributed by atoms with Crippen LogP contribution in [0.15, 0.2) is 24.3 Å². The second-order valence-electron chi connectivity index (χ2n) is 14.9. The van der Waals surface area contributed by atoms with Crippen LogP contribution in [0.3, 0.4) is 0 Å². The first-order chi connectivity index (χ1) is 19.0. The zero-order valence-corrected chi connectivity index (χ0v) is 25.4. The van der Waals surface area contributed by atoms with Gasteiger partial charge >= 0.3 is 11.9 Å². The summed E-state index contributed by atoms with van der Waals surface area (Å²) < 4.78 is 6.26. The molecule has 2 unspecified atom stereocenters. The molecule has 4 aliphatic rings. The van der Waals surface area contributed by atoms with Crippen LogP contribution in [-0.2, 0) is 4.74 Å². The molecule has 2 N–H and O–H groups in total. The van der Waals surface area contributed by atoms with Gasteiger partial charge in [-0.25, -0.2) is 9.59 Å². The summed E-state index contributed by atoms with van der Waals surface area (Å²) in [7, 11) is 0. The van der Waals surface area contributed by atoms with Crippen LogP contribution < -0.4 is 0 Å². The topological polar surface area (TPSA) is 83.8 Å². The molecule has 5 heteroatoms. The van der Waals surface area contributed by atoms with Gasteiger partial charge in [-0.2, -0.15) is 0 Å². The molecule has 4 aliphatic carbocycles. The van der Waals surface area contributed by atoms with E-state index in [1.54, 1.807) is 18.2 Å². The lowest BCUT2D eigenvalue weighted by Crippen LogP contribution is -2.60. The lowest BCUT2D eigenvalue weighted by atomic mass is 9.43. The van der Waals surface area contributed by atoms with Gasteiger partial charge in [0.15, 0.2) is 0 Å². The van der Waals surface area contributed by atoms with Crippen molar-refractivity contribution >= 4 is 11.9 Å². The fourth-order valence-electron chi connectivity index (χ4n) is 10.5. The van der Waals surface area contributed by atoms with Gasteiger partial charge in [0.1, 0.15) is 6.10 Å². The van der Waals surface area contributed by atoms with Gasteiger partial charge in [-0.15, -0.1) is 0 Å². The Morgan fingerprint density at radius 2 is 1.68 bits per heavy atom. The Morgan fingerprint density at radius 1 is 0.950 bits per heavy atom. The van der Waals surface area contributed by atoms with Gasteiger partial charge in [0.2, 0.25) is 0 Å². The monoisotopic (exact) mass is 552 g/mol. The second kappa shape index (κ2) is 11.4. The highest BCUT2D eigenvalue weighted by Gasteiger charge is 2.63. The molecule has 0 aliphatic heterocycles. The highest BCUT2D eigenvalue weighted by Crippen LogP contribution is 2.68. The Bertz CT molecular complexity index is 1080. The van der Waals surface area contributed by atoms with Crippen molar-refractivity contribution in [3.05, 3.63) is 35.4 Å². The summed E-state index contributed by atoms with van der Waals surface area (Å²) in [5.74, 6) is 2.79. The Hall–Kier alpha value is -1.88. The van der Waals surface area contributed by atoms with Crippen molar-refractivity contribution in [3.63, 3.8) is 0 Å². The van der Waals surface area contributed by atoms with Crippen LogP contribution in [0.2, 0.25) is 0 Å². The number of carboxylic acids is 1. The van der Waals surface area contributed by atoms with Gasteiger partial charge in [-0.1, -0.05) is 66.0 Å². The molecule has 0 radical (unpaired) electrons. The Kier molecular flexibility index (Phi) is 8.45. The van der Waals surface area contributed by atoms with E-state index in [0.717, 1.165) is 42.9 Å². The maximum atomic E-state index is 13.4. The summed E-state index contributed by atoms with van der Waals surface area (Å²) in [5, 5.41) is 20.5. The summed E-state index contributed by atoms with van der Waals surface area (Å²) in [6, 6.07) is 6.31. The molecule has 40 heavy (non-hydrogen) atoms. The molecular weight excluding hydrogens is 500 g/mol. The Labute approximate surface area is 241 Å². The summed E-state index contributed by atoms with van der Waals surface area (Å²) in [6.45, 7) is 12.1. The van der Waals surface area contributed by atoms with Crippen LogP contribution in [-0.4, -0.2) is 34.4 Å². The van der Waals surface area contributed by atoms with E-state index in [1.807, 2.05) is 0 Å². The van der Waals surface area contributed by atoms with E-state index >= 15 is 0 Å². The minimum absolute atomic E-state index is 0.0278. The molecule has 222 valence electrons. The van der Waals surface area contributed by atoms with Crippen LogP contribution in [0.4, 0.5) is 0 Å². The average molecular weight is 553 g/mol. The number of aliphatic hydroxyl groups excluding tert-OH is 1. The number of hydrogen-bond donors (Lipinski definition) is 2. The minimum Gasteiger partial charge on any atom is -0.478 e. The van der Waals surface area contributed by atoms with E-state index in [9.17, 15) is 19.8 Å². The number of carbonyl (C=O) groups excluding carboxylic acids is 1. The maximum Gasteiger partial charge on any atom is 0.339 e. The predicted molar refractivity (Wildman–Crippen MR) is 157 cm³/mol. The number of hydrogen-bond acceptors (Lipinski definition) is 4. The quantitative estimate of drug-likeness (QED) is 0.319. The third-order valence-corrected chi connectivity index (χ3v) is 12.5. The van der Waals surface area contributed by atoms with Gasteiger partial charge in [-0.3, -0.25) is 0 Å². The first-order valence-electron chi connectivity index (χ1n) is 16.2. The van der Waals surface area contributed by atoms with Crippen molar-refractivity contribution in [3.8, 4) is 0 Å². The number of carbonyl (C=O) groups is 2. The number of benzene rings is 1. The van der Waals surface area contributed by atoms with Crippen LogP contribution in [0.1, 0.15) is 126 Å². The lowest BCUT2D eigenvalue weighted by molar-refractivity contribution is -0.183. The maximum absolute atomic E-state index is 13.4. The molecule has 0 aromatic heterocycles. The van der Waals surface area contributed by atoms with Crippen LogP contribution in [0, 0.1) is 52.3 Å². The van der Waals surface area contributed by atoms with E-state index in [-0.39, 0.29) is 16.5 Å². The first-order valence-corrected chi connectivity index (χ1v) is 16.2. The number of aliphatic hydroxyl groups is 1. The number of esters is 1. The zero-order valence-electron chi connectivity index (χ0n) is 25.4. The SMILES string of the molecule is CC(C)CCC[C@@H](C)[C@H]1CC[C@H]2[C@@H]3CCC4C[C@@H](O)CC(OC(=O)c5ccccc5C(=O)O)[C@]4(C)[C@H]3CC[C@]12C. The molecule has 5 nitrogen and oxygen atoms in total. The van der Waals surface area contributed by atoms with Crippen molar-refractivity contribution < 1.29 is 24.5 Å². The smallest absolute Gasteiger partial charge is 0.339 e. The molecule has 0 saturated heterocycles. The van der Waals surface area contributed by atoms with E-state index in [2.05, 4.69) is 34.6 Å². The molecule has 4 fully saturated rings. The van der Waals surface area contributed by atoms with Gasteiger partial charge in [-0.05, 0) is 104 Å².